The fraction of sp³-hybridized carbons (Fsp3) is 0.250. The van der Waals surface area contributed by atoms with Crippen molar-refractivity contribution in [1.29, 1.82) is 0 Å². The van der Waals surface area contributed by atoms with Crippen molar-refractivity contribution in [2.75, 3.05) is 5.32 Å². The van der Waals surface area contributed by atoms with Gasteiger partial charge in [-0.1, -0.05) is 12.1 Å². The number of rotatable bonds is 5. The highest BCUT2D eigenvalue weighted by Gasteiger charge is 2.19. The highest BCUT2D eigenvalue weighted by Crippen LogP contribution is 2.20. The van der Waals surface area contributed by atoms with Crippen molar-refractivity contribution in [3.05, 3.63) is 59.9 Å². The molecule has 4 nitrogen and oxygen atoms in total. The number of nitrogens with one attached hydrogen (secondary N) is 2. The molecule has 0 spiro atoms. The summed E-state index contributed by atoms with van der Waals surface area (Å²) in [6.45, 7) is 0.851. The molecule has 0 atom stereocenters. The normalized spacial score (nSPS) is 14.0. The molecule has 20 heavy (non-hydrogen) atoms. The van der Waals surface area contributed by atoms with Crippen LogP contribution in [0.4, 0.5) is 5.69 Å². The van der Waals surface area contributed by atoms with Crippen molar-refractivity contribution in [1.82, 2.24) is 10.3 Å². The van der Waals surface area contributed by atoms with E-state index in [1.54, 1.807) is 24.5 Å². The topological polar surface area (TPSA) is 54.0 Å². The van der Waals surface area contributed by atoms with Crippen LogP contribution in [0.2, 0.25) is 0 Å². The van der Waals surface area contributed by atoms with Gasteiger partial charge in [0.2, 0.25) is 0 Å². The zero-order chi connectivity index (χ0) is 13.8. The third kappa shape index (κ3) is 3.42. The Morgan fingerprint density at radius 1 is 1.20 bits per heavy atom. The summed E-state index contributed by atoms with van der Waals surface area (Å²) in [6, 6.07) is 12.0. The van der Waals surface area contributed by atoms with Gasteiger partial charge in [0, 0.05) is 36.2 Å². The predicted molar refractivity (Wildman–Crippen MR) is 78.5 cm³/mol. The summed E-state index contributed by atoms with van der Waals surface area (Å²) >= 11 is 0. The Morgan fingerprint density at radius 3 is 2.75 bits per heavy atom. The summed E-state index contributed by atoms with van der Waals surface area (Å²) in [6.07, 6.45) is 5.78. The summed E-state index contributed by atoms with van der Waals surface area (Å²) in [5.41, 5.74) is 2.62. The molecule has 1 aliphatic rings. The van der Waals surface area contributed by atoms with Gasteiger partial charge in [-0.3, -0.25) is 9.78 Å². The fourth-order valence-electron chi connectivity index (χ4n) is 2.02. The Hall–Kier alpha value is -2.20. The van der Waals surface area contributed by atoms with Crippen LogP contribution in [0.3, 0.4) is 0 Å². The number of pyridine rings is 1. The molecule has 1 aromatic heterocycles. The van der Waals surface area contributed by atoms with Crippen LogP contribution < -0.4 is 10.6 Å². The highest BCUT2D eigenvalue weighted by molar-refractivity contribution is 6.04. The minimum absolute atomic E-state index is 0.111. The molecule has 0 saturated heterocycles. The second-order valence-electron chi connectivity index (χ2n) is 5.05. The minimum atomic E-state index is -0.111. The zero-order valence-electron chi connectivity index (χ0n) is 11.2. The summed E-state index contributed by atoms with van der Waals surface area (Å²) < 4.78 is 0. The molecule has 1 amide bonds. The van der Waals surface area contributed by atoms with E-state index >= 15 is 0 Å². The second kappa shape index (κ2) is 5.84. The third-order valence-corrected chi connectivity index (χ3v) is 3.30. The van der Waals surface area contributed by atoms with E-state index in [4.69, 9.17) is 0 Å². The largest absolute Gasteiger partial charge is 0.322 e. The molecule has 3 rings (SSSR count). The Balaban J connectivity index is 1.64. The van der Waals surface area contributed by atoms with Crippen LogP contribution in [0, 0.1) is 0 Å². The molecule has 0 aliphatic heterocycles. The molecule has 0 radical (unpaired) electrons. The summed E-state index contributed by atoms with van der Waals surface area (Å²) in [5.74, 6) is -0.111. The monoisotopic (exact) mass is 267 g/mol. The van der Waals surface area contributed by atoms with Gasteiger partial charge in [0.15, 0.2) is 0 Å². The van der Waals surface area contributed by atoms with Crippen molar-refractivity contribution in [3.8, 4) is 0 Å². The first-order chi connectivity index (χ1) is 9.81. The van der Waals surface area contributed by atoms with E-state index in [0.29, 0.717) is 11.6 Å². The highest BCUT2D eigenvalue weighted by atomic mass is 16.1. The number of carbonyl (C=O) groups is 1. The van der Waals surface area contributed by atoms with E-state index in [2.05, 4.69) is 21.7 Å². The fourth-order valence-corrected chi connectivity index (χ4v) is 2.02. The smallest absolute Gasteiger partial charge is 0.255 e. The van der Waals surface area contributed by atoms with Crippen LogP contribution in [-0.4, -0.2) is 16.9 Å². The molecule has 1 aliphatic carbocycles. The molecule has 2 aromatic rings. The van der Waals surface area contributed by atoms with Crippen LogP contribution in [0.5, 0.6) is 0 Å². The number of benzene rings is 1. The molecule has 1 saturated carbocycles. The van der Waals surface area contributed by atoms with Crippen molar-refractivity contribution < 1.29 is 4.79 Å². The maximum Gasteiger partial charge on any atom is 0.255 e. The van der Waals surface area contributed by atoms with Gasteiger partial charge in [0.25, 0.3) is 5.91 Å². The van der Waals surface area contributed by atoms with Gasteiger partial charge in [-0.2, -0.15) is 0 Å². The average Bonchev–Trinajstić information content (AvgIpc) is 3.31. The number of nitrogens with zero attached hydrogens (tertiary/aromatic N) is 1. The number of amides is 1. The Kier molecular flexibility index (Phi) is 3.74. The summed E-state index contributed by atoms with van der Waals surface area (Å²) in [4.78, 5) is 16.0. The summed E-state index contributed by atoms with van der Waals surface area (Å²) in [5, 5.41) is 6.37. The van der Waals surface area contributed by atoms with E-state index in [-0.39, 0.29) is 5.91 Å². The van der Waals surface area contributed by atoms with E-state index in [9.17, 15) is 4.79 Å². The Morgan fingerprint density at radius 2 is 2.00 bits per heavy atom. The van der Waals surface area contributed by atoms with Crippen molar-refractivity contribution >= 4 is 11.6 Å². The molecule has 0 bridgehead atoms. The predicted octanol–water partition coefficient (Wildman–Crippen LogP) is 2.59. The van der Waals surface area contributed by atoms with Crippen LogP contribution in [0.15, 0.2) is 48.8 Å². The van der Waals surface area contributed by atoms with E-state index in [1.165, 1.54) is 18.4 Å². The van der Waals surface area contributed by atoms with Gasteiger partial charge in [-0.15, -0.1) is 0 Å². The van der Waals surface area contributed by atoms with Gasteiger partial charge in [0.05, 0.1) is 0 Å². The van der Waals surface area contributed by atoms with Gasteiger partial charge in [-0.05, 0) is 42.7 Å². The third-order valence-electron chi connectivity index (χ3n) is 3.30. The van der Waals surface area contributed by atoms with Crippen molar-refractivity contribution in [3.63, 3.8) is 0 Å². The van der Waals surface area contributed by atoms with Crippen LogP contribution in [0.1, 0.15) is 28.8 Å². The number of carbonyl (C=O) groups excluding carboxylic acids is 1. The average molecular weight is 267 g/mol. The molecule has 4 heteroatoms. The summed E-state index contributed by atoms with van der Waals surface area (Å²) in [7, 11) is 0. The molecule has 102 valence electrons. The van der Waals surface area contributed by atoms with Crippen LogP contribution in [-0.2, 0) is 6.54 Å². The van der Waals surface area contributed by atoms with Gasteiger partial charge in [-0.25, -0.2) is 0 Å². The number of hydrogen-bond donors (Lipinski definition) is 2. The standard InChI is InChI=1S/C16H17N3O/c20-16(13-6-8-17-9-7-13)19-15-3-1-2-12(10-15)11-18-14-4-5-14/h1-3,6-10,14,18H,4-5,11H2,(H,19,20). The molecule has 1 heterocycles. The molecule has 0 unspecified atom stereocenters. The molecular formula is C16H17N3O. The lowest BCUT2D eigenvalue weighted by Gasteiger charge is -2.08. The first kappa shape index (κ1) is 12.8. The van der Waals surface area contributed by atoms with E-state index in [1.807, 2.05) is 18.2 Å². The second-order valence-corrected chi connectivity index (χ2v) is 5.05. The van der Waals surface area contributed by atoms with Gasteiger partial charge < -0.3 is 10.6 Å². The van der Waals surface area contributed by atoms with Gasteiger partial charge in [0.1, 0.15) is 0 Å². The molecule has 1 aromatic carbocycles. The van der Waals surface area contributed by atoms with E-state index in [0.717, 1.165) is 12.2 Å². The van der Waals surface area contributed by atoms with Crippen molar-refractivity contribution in [2.45, 2.75) is 25.4 Å². The maximum atomic E-state index is 12.0. The number of aromatic nitrogens is 1. The number of hydrogen-bond acceptors (Lipinski definition) is 3. The molecule has 1 fully saturated rings. The SMILES string of the molecule is O=C(Nc1cccc(CNC2CC2)c1)c1ccncc1. The quantitative estimate of drug-likeness (QED) is 0.875. The first-order valence-electron chi connectivity index (χ1n) is 6.85. The Bertz CT molecular complexity index is 594. The van der Waals surface area contributed by atoms with E-state index < -0.39 is 0 Å². The lowest BCUT2D eigenvalue weighted by molar-refractivity contribution is 0.102. The lowest BCUT2D eigenvalue weighted by atomic mass is 10.2. The van der Waals surface area contributed by atoms with Gasteiger partial charge >= 0.3 is 0 Å². The number of anilines is 1. The van der Waals surface area contributed by atoms with Crippen LogP contribution in [0.25, 0.3) is 0 Å². The lowest BCUT2D eigenvalue weighted by Crippen LogP contribution is -2.16. The Labute approximate surface area is 118 Å². The maximum absolute atomic E-state index is 12.0. The molecule has 2 N–H and O–H groups in total. The zero-order valence-corrected chi connectivity index (χ0v) is 11.2. The van der Waals surface area contributed by atoms with Crippen LogP contribution >= 0.6 is 0 Å². The first-order valence-corrected chi connectivity index (χ1v) is 6.85. The minimum Gasteiger partial charge on any atom is -0.322 e. The molecular weight excluding hydrogens is 250 g/mol. The van der Waals surface area contributed by atoms with Crippen molar-refractivity contribution in [2.24, 2.45) is 0 Å².